The zero-order valence-corrected chi connectivity index (χ0v) is 13.4. The van der Waals surface area contributed by atoms with Crippen molar-refractivity contribution >= 4 is 30.4 Å². The molecule has 1 saturated heterocycles. The smallest absolute Gasteiger partial charge is 0.400 e. The zero-order valence-electron chi connectivity index (χ0n) is 12.6. The molecule has 0 N–H and O–H groups in total. The molecule has 0 bridgehead atoms. The molecule has 0 atom stereocenters. The minimum Gasteiger partial charge on any atom is -0.400 e. The lowest BCUT2D eigenvalue weighted by Crippen LogP contribution is -2.41. The monoisotopic (exact) mass is 304 g/mol. The van der Waals surface area contributed by atoms with Crippen LogP contribution < -0.4 is 0 Å². The molecule has 21 heavy (non-hydrogen) atoms. The summed E-state index contributed by atoms with van der Waals surface area (Å²) in [5.41, 5.74) is 0.953. The van der Waals surface area contributed by atoms with Gasteiger partial charge in [0.25, 0.3) is 0 Å². The summed E-state index contributed by atoms with van der Waals surface area (Å²) in [7, 11) is -0.389. The lowest BCUT2D eigenvalue weighted by Gasteiger charge is -2.32. The van der Waals surface area contributed by atoms with E-state index >= 15 is 0 Å². The highest BCUT2D eigenvalue weighted by atomic mass is 35.5. The number of pyridine rings is 1. The summed E-state index contributed by atoms with van der Waals surface area (Å²) in [6.07, 6.45) is 3.82. The van der Waals surface area contributed by atoms with Gasteiger partial charge in [-0.25, -0.2) is 4.98 Å². The van der Waals surface area contributed by atoms with Gasteiger partial charge in [0.1, 0.15) is 5.65 Å². The molecule has 3 rings (SSSR count). The van der Waals surface area contributed by atoms with Gasteiger partial charge in [-0.3, -0.25) is 4.40 Å². The molecule has 1 fully saturated rings. The molecule has 4 nitrogen and oxygen atoms in total. The largest absolute Gasteiger partial charge is 0.487 e. The first-order valence-electron chi connectivity index (χ1n) is 6.97. The van der Waals surface area contributed by atoms with Gasteiger partial charge >= 0.3 is 7.12 Å². The maximum Gasteiger partial charge on any atom is 0.487 e. The molecule has 0 radical (unpaired) electrons. The van der Waals surface area contributed by atoms with Crippen LogP contribution in [0.3, 0.4) is 0 Å². The van der Waals surface area contributed by atoms with Gasteiger partial charge in [0.05, 0.1) is 16.9 Å². The maximum atomic E-state index is 6.20. The second-order valence-electron chi connectivity index (χ2n) is 6.20. The average Bonchev–Trinajstić information content (AvgIpc) is 2.80. The van der Waals surface area contributed by atoms with Crippen molar-refractivity contribution in [3.05, 3.63) is 41.2 Å². The summed E-state index contributed by atoms with van der Waals surface area (Å²) in [6.45, 7) is 8.12. The Morgan fingerprint density at radius 3 is 2.52 bits per heavy atom. The van der Waals surface area contributed by atoms with Gasteiger partial charge < -0.3 is 9.31 Å². The predicted octanol–water partition coefficient (Wildman–Crippen LogP) is 3.63. The van der Waals surface area contributed by atoms with Crippen molar-refractivity contribution in [3.8, 4) is 0 Å². The summed E-state index contributed by atoms with van der Waals surface area (Å²) in [5.74, 6) is 1.87. The Bertz CT molecular complexity index is 693. The van der Waals surface area contributed by atoms with E-state index in [1.807, 2.05) is 68.5 Å². The van der Waals surface area contributed by atoms with E-state index in [1.165, 1.54) is 0 Å². The summed E-state index contributed by atoms with van der Waals surface area (Å²) in [4.78, 5) is 4.31. The van der Waals surface area contributed by atoms with Gasteiger partial charge in [0, 0.05) is 6.20 Å². The van der Waals surface area contributed by atoms with Crippen molar-refractivity contribution in [1.29, 1.82) is 0 Å². The normalized spacial score (nSPS) is 20.7. The number of halogens is 1. The minimum atomic E-state index is -0.389. The standard InChI is InChI=1S/C15H18BClN2O2/c1-14(2)15(3,4)21-16(20-14)9-8-11-13(17)18-12-7-5-6-10-19(11)12/h5-10H,1-4H3/b9-8+. The van der Waals surface area contributed by atoms with Crippen molar-refractivity contribution in [2.45, 2.75) is 38.9 Å². The van der Waals surface area contributed by atoms with Crippen molar-refractivity contribution < 1.29 is 9.31 Å². The van der Waals surface area contributed by atoms with Crippen LogP contribution in [0.4, 0.5) is 0 Å². The molecule has 1 aliphatic heterocycles. The van der Waals surface area contributed by atoms with Gasteiger partial charge in [-0.05, 0) is 45.9 Å². The van der Waals surface area contributed by atoms with Crippen LogP contribution in [0.5, 0.6) is 0 Å². The Hall–Kier alpha value is -1.30. The molecule has 0 saturated carbocycles. The zero-order chi connectivity index (χ0) is 15.3. The van der Waals surface area contributed by atoms with E-state index in [0.717, 1.165) is 11.3 Å². The highest BCUT2D eigenvalue weighted by molar-refractivity contribution is 6.52. The molecule has 0 unspecified atom stereocenters. The third kappa shape index (κ3) is 2.50. The Labute approximate surface area is 129 Å². The molecule has 0 amide bonds. The van der Waals surface area contributed by atoms with Crippen LogP contribution in [0.2, 0.25) is 5.15 Å². The topological polar surface area (TPSA) is 35.8 Å². The lowest BCUT2D eigenvalue weighted by atomic mass is 9.90. The SMILES string of the molecule is CC1(C)OB(/C=C/c2c(Cl)nc3ccccn23)OC1(C)C. The second kappa shape index (κ2) is 4.87. The van der Waals surface area contributed by atoms with E-state index in [9.17, 15) is 0 Å². The summed E-state index contributed by atoms with van der Waals surface area (Å²) in [6, 6.07) is 5.79. The summed E-state index contributed by atoms with van der Waals surface area (Å²) < 4.78 is 13.8. The fraction of sp³-hybridized carbons (Fsp3) is 0.400. The molecule has 0 spiro atoms. The number of hydrogen-bond donors (Lipinski definition) is 0. The molecule has 6 heteroatoms. The Morgan fingerprint density at radius 1 is 1.19 bits per heavy atom. The van der Waals surface area contributed by atoms with Crippen LogP contribution >= 0.6 is 11.6 Å². The molecule has 0 aliphatic carbocycles. The van der Waals surface area contributed by atoms with Gasteiger partial charge in [0.2, 0.25) is 0 Å². The van der Waals surface area contributed by atoms with Crippen molar-refractivity contribution in [2.24, 2.45) is 0 Å². The molecule has 3 heterocycles. The number of nitrogens with zero attached hydrogens (tertiary/aromatic N) is 2. The van der Waals surface area contributed by atoms with Gasteiger partial charge in [-0.15, -0.1) is 0 Å². The van der Waals surface area contributed by atoms with Gasteiger partial charge in [-0.2, -0.15) is 0 Å². The molecule has 1 aliphatic rings. The Balaban J connectivity index is 1.88. The molecule has 2 aromatic rings. The van der Waals surface area contributed by atoms with Crippen molar-refractivity contribution in [2.75, 3.05) is 0 Å². The fourth-order valence-corrected chi connectivity index (χ4v) is 2.51. The first kappa shape index (κ1) is 14.6. The van der Waals surface area contributed by atoms with Crippen molar-refractivity contribution in [1.82, 2.24) is 9.38 Å². The fourth-order valence-electron chi connectivity index (χ4n) is 2.27. The lowest BCUT2D eigenvalue weighted by molar-refractivity contribution is 0.00578. The number of rotatable bonds is 2. The van der Waals surface area contributed by atoms with Crippen LogP contribution in [-0.4, -0.2) is 27.7 Å². The predicted molar refractivity (Wildman–Crippen MR) is 85.3 cm³/mol. The van der Waals surface area contributed by atoms with Crippen LogP contribution in [0.1, 0.15) is 33.4 Å². The van der Waals surface area contributed by atoms with Crippen LogP contribution in [0.25, 0.3) is 11.7 Å². The van der Waals surface area contributed by atoms with Gasteiger partial charge in [-0.1, -0.05) is 23.6 Å². The number of hydrogen-bond acceptors (Lipinski definition) is 3. The Kier molecular flexibility index (Phi) is 3.39. The summed E-state index contributed by atoms with van der Waals surface area (Å²) >= 11 is 6.20. The third-order valence-electron chi connectivity index (χ3n) is 4.20. The van der Waals surface area contributed by atoms with Crippen LogP contribution in [-0.2, 0) is 9.31 Å². The van der Waals surface area contributed by atoms with E-state index in [-0.39, 0.29) is 18.3 Å². The number of aromatic nitrogens is 2. The van der Waals surface area contributed by atoms with Crippen LogP contribution in [0.15, 0.2) is 30.4 Å². The van der Waals surface area contributed by atoms with Gasteiger partial charge in [0.15, 0.2) is 5.15 Å². The molecule has 110 valence electrons. The van der Waals surface area contributed by atoms with Crippen molar-refractivity contribution in [3.63, 3.8) is 0 Å². The number of imidazole rings is 1. The van der Waals surface area contributed by atoms with E-state index in [4.69, 9.17) is 20.9 Å². The van der Waals surface area contributed by atoms with Crippen LogP contribution in [0, 0.1) is 0 Å². The minimum absolute atomic E-state index is 0.342. The average molecular weight is 305 g/mol. The molecular formula is C15H18BClN2O2. The first-order valence-corrected chi connectivity index (χ1v) is 7.34. The molecule has 0 aromatic carbocycles. The number of fused-ring (bicyclic) bond motifs is 1. The third-order valence-corrected chi connectivity index (χ3v) is 4.48. The summed E-state index contributed by atoms with van der Waals surface area (Å²) in [5, 5.41) is 0.467. The molecular weight excluding hydrogens is 286 g/mol. The molecule has 2 aromatic heterocycles. The first-order chi connectivity index (χ1) is 9.80. The van der Waals surface area contributed by atoms with E-state index < -0.39 is 0 Å². The quantitative estimate of drug-likeness (QED) is 0.795. The van der Waals surface area contributed by atoms with E-state index in [0.29, 0.717) is 5.15 Å². The highest BCUT2D eigenvalue weighted by Crippen LogP contribution is 2.37. The van der Waals surface area contributed by atoms with E-state index in [2.05, 4.69) is 4.98 Å². The maximum absolute atomic E-state index is 6.20. The second-order valence-corrected chi connectivity index (χ2v) is 6.56. The highest BCUT2D eigenvalue weighted by Gasteiger charge is 2.50. The van der Waals surface area contributed by atoms with E-state index in [1.54, 1.807) is 0 Å². The Morgan fingerprint density at radius 2 is 1.86 bits per heavy atom.